The highest BCUT2D eigenvalue weighted by Crippen LogP contribution is 2.19. The third kappa shape index (κ3) is 2.86. The first kappa shape index (κ1) is 13.2. The molecular weight excluding hydrogens is 276 g/mol. The molecule has 1 N–H and O–H groups in total. The van der Waals surface area contributed by atoms with E-state index in [0.29, 0.717) is 11.3 Å². The molecule has 3 rings (SSSR count). The molecule has 0 amide bonds. The molecule has 2 aromatic carbocycles. The van der Waals surface area contributed by atoms with Crippen molar-refractivity contribution in [1.29, 1.82) is 0 Å². The highest BCUT2D eigenvalue weighted by molar-refractivity contribution is 5.52. The first-order chi connectivity index (χ1) is 10.2. The van der Waals surface area contributed by atoms with E-state index in [-0.39, 0.29) is 18.0 Å². The number of tetrazole rings is 1. The zero-order valence-corrected chi connectivity index (χ0v) is 10.9. The van der Waals surface area contributed by atoms with Crippen LogP contribution < -0.4 is 5.32 Å². The molecule has 0 aliphatic rings. The second-order valence-electron chi connectivity index (χ2n) is 4.36. The molecule has 0 aliphatic heterocycles. The molecule has 1 aromatic heterocycles. The molecule has 0 unspecified atom stereocenters. The molecule has 0 bridgehead atoms. The monoisotopic (exact) mass is 287 g/mol. The molecule has 0 atom stereocenters. The van der Waals surface area contributed by atoms with E-state index in [0.717, 1.165) is 0 Å². The molecular formula is C14H11F2N5. The normalized spacial score (nSPS) is 10.6. The molecule has 5 nitrogen and oxygen atoms in total. The Balaban J connectivity index is 1.82. The van der Waals surface area contributed by atoms with E-state index in [2.05, 4.69) is 20.8 Å². The van der Waals surface area contributed by atoms with E-state index >= 15 is 0 Å². The van der Waals surface area contributed by atoms with Crippen molar-refractivity contribution in [1.82, 2.24) is 20.2 Å². The number of anilines is 1. The van der Waals surface area contributed by atoms with Gasteiger partial charge in [-0.05, 0) is 34.7 Å². The molecule has 0 aliphatic carbocycles. The SMILES string of the molecule is Fc1ccccc1CNc1cc(-n2cnnn2)ccc1F. The number of nitrogens with zero attached hydrogens (tertiary/aromatic N) is 4. The minimum atomic E-state index is -0.428. The summed E-state index contributed by atoms with van der Waals surface area (Å²) in [4.78, 5) is 0. The summed E-state index contributed by atoms with van der Waals surface area (Å²) in [6.45, 7) is 0.183. The third-order valence-corrected chi connectivity index (χ3v) is 2.99. The molecule has 21 heavy (non-hydrogen) atoms. The van der Waals surface area contributed by atoms with Gasteiger partial charge in [-0.25, -0.2) is 13.5 Å². The Morgan fingerprint density at radius 1 is 1.05 bits per heavy atom. The summed E-state index contributed by atoms with van der Waals surface area (Å²) in [5.41, 5.74) is 1.33. The van der Waals surface area contributed by atoms with Crippen LogP contribution in [0.2, 0.25) is 0 Å². The Labute approximate surface area is 119 Å². The fourth-order valence-electron chi connectivity index (χ4n) is 1.90. The highest BCUT2D eigenvalue weighted by atomic mass is 19.1. The van der Waals surface area contributed by atoms with E-state index in [1.807, 2.05) is 0 Å². The van der Waals surface area contributed by atoms with Gasteiger partial charge in [0.15, 0.2) is 0 Å². The van der Waals surface area contributed by atoms with Crippen LogP contribution in [0.15, 0.2) is 48.8 Å². The molecule has 0 fully saturated rings. The largest absolute Gasteiger partial charge is 0.378 e. The van der Waals surface area contributed by atoms with Crippen molar-refractivity contribution in [3.63, 3.8) is 0 Å². The quantitative estimate of drug-likeness (QED) is 0.801. The smallest absolute Gasteiger partial charge is 0.146 e. The van der Waals surface area contributed by atoms with Gasteiger partial charge in [0, 0.05) is 12.1 Å². The van der Waals surface area contributed by atoms with Crippen LogP contribution in [0.4, 0.5) is 14.5 Å². The van der Waals surface area contributed by atoms with Gasteiger partial charge in [-0.3, -0.25) is 0 Å². The number of hydrogen-bond acceptors (Lipinski definition) is 4. The second kappa shape index (κ2) is 5.66. The third-order valence-electron chi connectivity index (χ3n) is 2.99. The van der Waals surface area contributed by atoms with Crippen molar-refractivity contribution in [2.75, 3.05) is 5.32 Å². The molecule has 0 saturated carbocycles. The molecule has 3 aromatic rings. The lowest BCUT2D eigenvalue weighted by atomic mass is 10.2. The van der Waals surface area contributed by atoms with E-state index < -0.39 is 5.82 Å². The van der Waals surface area contributed by atoms with Crippen molar-refractivity contribution in [3.8, 4) is 5.69 Å². The van der Waals surface area contributed by atoms with Gasteiger partial charge in [0.2, 0.25) is 0 Å². The first-order valence-electron chi connectivity index (χ1n) is 6.24. The topological polar surface area (TPSA) is 55.6 Å². The van der Waals surface area contributed by atoms with Crippen molar-refractivity contribution in [2.24, 2.45) is 0 Å². The summed E-state index contributed by atoms with van der Waals surface area (Å²) >= 11 is 0. The van der Waals surface area contributed by atoms with Gasteiger partial charge in [-0.1, -0.05) is 18.2 Å². The fourth-order valence-corrected chi connectivity index (χ4v) is 1.90. The summed E-state index contributed by atoms with van der Waals surface area (Å²) < 4.78 is 28.7. The van der Waals surface area contributed by atoms with Crippen LogP contribution in [0.5, 0.6) is 0 Å². The standard InChI is InChI=1S/C14H11F2N5/c15-12-4-2-1-3-10(12)8-17-14-7-11(5-6-13(14)16)21-9-18-19-20-21/h1-7,9,17H,8H2. The Hall–Kier alpha value is -2.83. The Morgan fingerprint density at radius 2 is 1.90 bits per heavy atom. The Kier molecular flexibility index (Phi) is 3.55. The van der Waals surface area contributed by atoms with Crippen LogP contribution in [0.1, 0.15) is 5.56 Å². The number of nitrogens with one attached hydrogen (secondary N) is 1. The molecule has 7 heteroatoms. The maximum atomic E-state index is 13.8. The van der Waals surface area contributed by atoms with Crippen LogP contribution in [0, 0.1) is 11.6 Å². The Bertz CT molecular complexity index is 743. The van der Waals surface area contributed by atoms with E-state index in [1.54, 1.807) is 30.3 Å². The number of benzene rings is 2. The van der Waals surface area contributed by atoms with Gasteiger partial charge in [0.1, 0.15) is 18.0 Å². The first-order valence-corrected chi connectivity index (χ1v) is 6.24. The van der Waals surface area contributed by atoms with E-state index in [9.17, 15) is 8.78 Å². The van der Waals surface area contributed by atoms with Gasteiger partial charge < -0.3 is 5.32 Å². The number of rotatable bonds is 4. The molecule has 0 spiro atoms. The predicted molar refractivity (Wildman–Crippen MR) is 72.8 cm³/mol. The van der Waals surface area contributed by atoms with Crippen LogP contribution in [-0.4, -0.2) is 20.2 Å². The fraction of sp³-hybridized carbons (Fsp3) is 0.0714. The van der Waals surface area contributed by atoms with Gasteiger partial charge in [-0.2, -0.15) is 0 Å². The second-order valence-corrected chi connectivity index (χ2v) is 4.36. The molecule has 1 heterocycles. The van der Waals surface area contributed by atoms with Crippen molar-refractivity contribution in [2.45, 2.75) is 6.54 Å². The van der Waals surface area contributed by atoms with E-state index in [4.69, 9.17) is 0 Å². The lowest BCUT2D eigenvalue weighted by Gasteiger charge is -2.10. The molecule has 0 radical (unpaired) electrons. The van der Waals surface area contributed by atoms with Gasteiger partial charge in [0.25, 0.3) is 0 Å². The van der Waals surface area contributed by atoms with Crippen LogP contribution in [-0.2, 0) is 6.54 Å². The average molecular weight is 287 g/mol. The summed E-state index contributed by atoms with van der Waals surface area (Å²) in [7, 11) is 0. The average Bonchev–Trinajstić information content (AvgIpc) is 3.02. The summed E-state index contributed by atoms with van der Waals surface area (Å²) in [6, 6.07) is 10.8. The zero-order valence-electron chi connectivity index (χ0n) is 10.9. The van der Waals surface area contributed by atoms with Crippen molar-refractivity contribution >= 4 is 5.69 Å². The van der Waals surface area contributed by atoms with Crippen molar-refractivity contribution < 1.29 is 8.78 Å². The van der Waals surface area contributed by atoms with Crippen LogP contribution >= 0.6 is 0 Å². The van der Waals surface area contributed by atoms with Gasteiger partial charge in [0.05, 0.1) is 11.4 Å². The summed E-state index contributed by atoms with van der Waals surface area (Å²) in [5.74, 6) is -0.759. The summed E-state index contributed by atoms with van der Waals surface area (Å²) in [5, 5.41) is 13.7. The van der Waals surface area contributed by atoms with Crippen LogP contribution in [0.25, 0.3) is 5.69 Å². The highest BCUT2D eigenvalue weighted by Gasteiger charge is 2.07. The summed E-state index contributed by atoms with van der Waals surface area (Å²) in [6.07, 6.45) is 1.41. The number of halogens is 2. The van der Waals surface area contributed by atoms with E-state index in [1.165, 1.54) is 23.1 Å². The lowest BCUT2D eigenvalue weighted by Crippen LogP contribution is -2.05. The minimum Gasteiger partial charge on any atom is -0.378 e. The maximum Gasteiger partial charge on any atom is 0.146 e. The predicted octanol–water partition coefficient (Wildman–Crippen LogP) is 2.55. The molecule has 0 saturated heterocycles. The van der Waals surface area contributed by atoms with Gasteiger partial charge in [-0.15, -0.1) is 5.10 Å². The van der Waals surface area contributed by atoms with Crippen molar-refractivity contribution in [3.05, 3.63) is 66.0 Å². The maximum absolute atomic E-state index is 13.8. The number of hydrogen-bond donors (Lipinski definition) is 1. The number of aromatic nitrogens is 4. The minimum absolute atomic E-state index is 0.183. The lowest BCUT2D eigenvalue weighted by molar-refractivity contribution is 0.610. The Morgan fingerprint density at radius 3 is 2.67 bits per heavy atom. The van der Waals surface area contributed by atoms with Crippen LogP contribution in [0.3, 0.4) is 0 Å². The zero-order chi connectivity index (χ0) is 14.7. The molecule has 106 valence electrons. The van der Waals surface area contributed by atoms with Gasteiger partial charge >= 0.3 is 0 Å².